The minimum Gasteiger partial charge on any atom is -0.489 e. The molecule has 196 valence electrons. The Morgan fingerprint density at radius 3 is 2.70 bits per heavy atom. The van der Waals surface area contributed by atoms with Crippen LogP contribution in [0.25, 0.3) is 0 Å². The molecule has 9 nitrogen and oxygen atoms in total. The highest BCUT2D eigenvalue weighted by molar-refractivity contribution is 6.14. The van der Waals surface area contributed by atoms with Gasteiger partial charge in [-0.15, -0.1) is 0 Å². The Kier molecular flexibility index (Phi) is 6.44. The molecule has 0 radical (unpaired) electrons. The number of hydrogen-bond donors (Lipinski definition) is 2. The second kappa shape index (κ2) is 9.89. The molecule has 3 aliphatic heterocycles. The Bertz CT molecular complexity index is 1200. The lowest BCUT2D eigenvalue weighted by atomic mass is 9.76. The molecule has 10 heteroatoms. The van der Waals surface area contributed by atoms with Gasteiger partial charge in [-0.05, 0) is 57.3 Å². The van der Waals surface area contributed by atoms with E-state index in [1.165, 1.54) is 18.9 Å². The van der Waals surface area contributed by atoms with Crippen LogP contribution in [-0.2, 0) is 16.0 Å². The van der Waals surface area contributed by atoms with E-state index < -0.39 is 11.2 Å². The van der Waals surface area contributed by atoms with Gasteiger partial charge in [-0.1, -0.05) is 12.8 Å². The molecule has 1 spiro atoms. The Morgan fingerprint density at radius 2 is 1.97 bits per heavy atom. The number of nitrogens with zero attached hydrogens (tertiary/aromatic N) is 4. The fourth-order valence-corrected chi connectivity index (χ4v) is 6.18. The van der Waals surface area contributed by atoms with Crippen molar-refractivity contribution < 1.29 is 18.7 Å². The Hall–Kier alpha value is -3.27. The van der Waals surface area contributed by atoms with Gasteiger partial charge in [-0.2, -0.15) is 4.98 Å². The zero-order chi connectivity index (χ0) is 25.4. The van der Waals surface area contributed by atoms with E-state index in [1.807, 2.05) is 0 Å². The fraction of sp³-hybridized carbons (Fsp3) is 0.556. The minimum atomic E-state index is -1.07. The molecule has 4 aliphatic rings. The number of benzene rings is 1. The summed E-state index contributed by atoms with van der Waals surface area (Å²) in [6, 6.07) is 4.73. The van der Waals surface area contributed by atoms with Gasteiger partial charge >= 0.3 is 0 Å². The van der Waals surface area contributed by atoms with Crippen molar-refractivity contribution in [3.05, 3.63) is 35.8 Å². The van der Waals surface area contributed by atoms with Gasteiger partial charge in [0, 0.05) is 49.1 Å². The number of carbonyl (C=O) groups is 2. The average Bonchev–Trinajstić information content (AvgIpc) is 3.66. The van der Waals surface area contributed by atoms with Crippen molar-refractivity contribution in [2.45, 2.75) is 57.4 Å². The Balaban J connectivity index is 1.20. The van der Waals surface area contributed by atoms with Crippen LogP contribution in [-0.4, -0.2) is 65.5 Å². The second-order valence-corrected chi connectivity index (χ2v) is 10.6. The molecule has 1 aromatic heterocycles. The molecule has 37 heavy (non-hydrogen) atoms. The molecule has 2 aromatic rings. The summed E-state index contributed by atoms with van der Waals surface area (Å²) >= 11 is 0. The van der Waals surface area contributed by atoms with Gasteiger partial charge in [0.15, 0.2) is 11.6 Å². The van der Waals surface area contributed by atoms with Crippen molar-refractivity contribution in [2.24, 2.45) is 5.41 Å². The monoisotopic (exact) mass is 508 g/mol. The number of fused-ring (bicyclic) bond motifs is 1. The van der Waals surface area contributed by atoms with Gasteiger partial charge in [-0.3, -0.25) is 19.4 Å². The topological polar surface area (TPSA) is 99.7 Å². The maximum Gasteiger partial charge on any atom is 0.244 e. The number of rotatable bonds is 7. The molecular weight excluding hydrogens is 475 g/mol. The van der Waals surface area contributed by atoms with E-state index in [1.54, 1.807) is 23.2 Å². The zero-order valence-corrected chi connectivity index (χ0v) is 21.0. The maximum absolute atomic E-state index is 14.7. The third kappa shape index (κ3) is 4.52. The van der Waals surface area contributed by atoms with Crippen LogP contribution in [0.4, 0.5) is 21.8 Å². The third-order valence-corrected chi connectivity index (χ3v) is 8.20. The van der Waals surface area contributed by atoms with E-state index in [2.05, 4.69) is 20.5 Å². The van der Waals surface area contributed by atoms with Crippen LogP contribution < -0.4 is 20.3 Å². The normalized spacial score (nSPS) is 24.1. The van der Waals surface area contributed by atoms with Crippen LogP contribution >= 0.6 is 0 Å². The summed E-state index contributed by atoms with van der Waals surface area (Å²) in [6.07, 6.45) is 8.77. The van der Waals surface area contributed by atoms with Gasteiger partial charge in [0.2, 0.25) is 17.8 Å². The van der Waals surface area contributed by atoms with E-state index in [0.29, 0.717) is 37.5 Å². The molecular formula is C27H33FN6O3. The van der Waals surface area contributed by atoms with Gasteiger partial charge in [-0.25, -0.2) is 9.37 Å². The van der Waals surface area contributed by atoms with Gasteiger partial charge in [0.25, 0.3) is 0 Å². The predicted molar refractivity (Wildman–Crippen MR) is 136 cm³/mol. The number of carbonyl (C=O) groups excluding carboxylic acids is 2. The molecule has 6 rings (SSSR count). The van der Waals surface area contributed by atoms with E-state index in [0.717, 1.165) is 50.9 Å². The number of halogens is 1. The molecule has 2 N–H and O–H groups in total. The maximum atomic E-state index is 14.7. The van der Waals surface area contributed by atoms with Crippen LogP contribution in [0.3, 0.4) is 0 Å². The lowest BCUT2D eigenvalue weighted by molar-refractivity contribution is -0.140. The van der Waals surface area contributed by atoms with Crippen molar-refractivity contribution in [3.8, 4) is 5.75 Å². The first kappa shape index (κ1) is 24.1. The zero-order valence-electron chi connectivity index (χ0n) is 21.0. The van der Waals surface area contributed by atoms with Gasteiger partial charge < -0.3 is 15.4 Å². The molecule has 1 saturated carbocycles. The predicted octanol–water partition coefficient (Wildman–Crippen LogP) is 3.17. The summed E-state index contributed by atoms with van der Waals surface area (Å²) in [6.45, 7) is 3.90. The molecule has 1 atom stereocenters. The molecule has 1 aromatic carbocycles. The smallest absolute Gasteiger partial charge is 0.244 e. The largest absolute Gasteiger partial charge is 0.489 e. The fourth-order valence-electron chi connectivity index (χ4n) is 6.18. The molecule has 0 bridgehead atoms. The molecule has 2 amide bonds. The second-order valence-electron chi connectivity index (χ2n) is 10.6. The number of ether oxygens (including phenoxy) is 1. The van der Waals surface area contributed by atoms with Crippen LogP contribution in [0.15, 0.2) is 24.4 Å². The summed E-state index contributed by atoms with van der Waals surface area (Å²) in [5.41, 5.74) is 0.217. The van der Waals surface area contributed by atoms with Gasteiger partial charge in [0.05, 0.1) is 0 Å². The molecule has 1 unspecified atom stereocenters. The molecule has 2 saturated heterocycles. The minimum absolute atomic E-state index is 0.0222. The Labute approximate surface area is 215 Å². The van der Waals surface area contributed by atoms with Gasteiger partial charge in [0.1, 0.15) is 17.8 Å². The van der Waals surface area contributed by atoms with E-state index in [-0.39, 0.29) is 29.6 Å². The highest BCUT2D eigenvalue weighted by Gasteiger charge is 2.56. The third-order valence-electron chi connectivity index (χ3n) is 8.20. The number of aromatic nitrogens is 2. The number of anilines is 3. The van der Waals surface area contributed by atoms with Crippen molar-refractivity contribution in [2.75, 3.05) is 43.0 Å². The number of likely N-dealkylation sites (tertiary alicyclic amines) is 1. The number of amides is 2. The number of nitrogens with one attached hydrogen (secondary N) is 2. The van der Waals surface area contributed by atoms with Crippen LogP contribution in [0, 0.1) is 11.2 Å². The first-order chi connectivity index (χ1) is 18.0. The van der Waals surface area contributed by atoms with Crippen molar-refractivity contribution in [3.63, 3.8) is 0 Å². The lowest BCUT2D eigenvalue weighted by Crippen LogP contribution is -2.56. The first-order valence-electron chi connectivity index (χ1n) is 13.4. The van der Waals surface area contributed by atoms with E-state index >= 15 is 0 Å². The first-order valence-corrected chi connectivity index (χ1v) is 13.4. The standard InChI is InChI=1S/C27H33FN6O3/c28-21-15-19(7-8-22(21)37-14-13-33-11-3-4-12-33)31-26-30-17-18-16-27(9-10-29-24(27)35)25(36)34(23(18)32-26)20-5-1-2-6-20/h7-8,15,17,20H,1-6,9-14,16H2,(H,29,35)(H,30,31,32). The van der Waals surface area contributed by atoms with Crippen molar-refractivity contribution in [1.82, 2.24) is 20.2 Å². The van der Waals surface area contributed by atoms with E-state index in [9.17, 15) is 14.0 Å². The SMILES string of the molecule is O=C1NCCC12Cc1cnc(Nc3ccc(OCCN4CCCC4)c(F)c3)nc1N(C1CCCC1)C2=O. The summed E-state index contributed by atoms with van der Waals surface area (Å²) in [7, 11) is 0. The van der Waals surface area contributed by atoms with E-state index in [4.69, 9.17) is 9.72 Å². The number of hydrogen-bond acceptors (Lipinski definition) is 7. The average molecular weight is 509 g/mol. The summed E-state index contributed by atoms with van der Waals surface area (Å²) in [5.74, 6) is 0.237. The van der Waals surface area contributed by atoms with Crippen LogP contribution in [0.5, 0.6) is 5.75 Å². The van der Waals surface area contributed by atoms with Crippen molar-refractivity contribution >= 4 is 29.3 Å². The van der Waals surface area contributed by atoms with Crippen LogP contribution in [0.1, 0.15) is 50.5 Å². The molecule has 4 heterocycles. The molecule has 3 fully saturated rings. The summed E-state index contributed by atoms with van der Waals surface area (Å²) in [5, 5.41) is 5.92. The highest BCUT2D eigenvalue weighted by Crippen LogP contribution is 2.44. The van der Waals surface area contributed by atoms with Crippen molar-refractivity contribution in [1.29, 1.82) is 0 Å². The summed E-state index contributed by atoms with van der Waals surface area (Å²) in [4.78, 5) is 39.7. The molecule has 1 aliphatic carbocycles. The van der Waals surface area contributed by atoms with Crippen LogP contribution in [0.2, 0.25) is 0 Å². The summed E-state index contributed by atoms with van der Waals surface area (Å²) < 4.78 is 20.4. The quantitative estimate of drug-likeness (QED) is 0.554. The lowest BCUT2D eigenvalue weighted by Gasteiger charge is -2.40. The Morgan fingerprint density at radius 1 is 1.16 bits per heavy atom. The highest BCUT2D eigenvalue weighted by atomic mass is 19.1.